The summed E-state index contributed by atoms with van der Waals surface area (Å²) >= 11 is 0. The van der Waals surface area contributed by atoms with Crippen LogP contribution in [0.3, 0.4) is 0 Å². The van der Waals surface area contributed by atoms with Crippen molar-refractivity contribution in [1.82, 2.24) is 0 Å². The fourth-order valence-electron chi connectivity index (χ4n) is 1.30. The van der Waals surface area contributed by atoms with Gasteiger partial charge in [-0.2, -0.15) is 0 Å². The second-order valence-corrected chi connectivity index (χ2v) is 4.80. The highest BCUT2D eigenvalue weighted by Crippen LogP contribution is 2.00. The summed E-state index contributed by atoms with van der Waals surface area (Å²) in [5.41, 5.74) is 0. The van der Waals surface area contributed by atoms with E-state index in [-0.39, 0.29) is 11.9 Å². The zero-order valence-electron chi connectivity index (χ0n) is 13.2. The molecule has 0 atom stereocenters. The smallest absolute Gasteiger partial charge is 0.306 e. The van der Waals surface area contributed by atoms with Gasteiger partial charge in [0.2, 0.25) is 0 Å². The molecular formula is C15H30O4. The second-order valence-electron chi connectivity index (χ2n) is 4.80. The summed E-state index contributed by atoms with van der Waals surface area (Å²) in [6.45, 7) is 10.5. The lowest BCUT2D eigenvalue weighted by molar-refractivity contribution is -0.144. The molecule has 0 heterocycles. The Bertz CT molecular complexity index is 224. The van der Waals surface area contributed by atoms with Crippen LogP contribution >= 0.6 is 0 Å². The van der Waals surface area contributed by atoms with Crippen molar-refractivity contribution < 1.29 is 19.1 Å². The molecule has 0 N–H and O–H groups in total. The molecule has 0 aromatic heterocycles. The Hall–Kier alpha value is -1.06. The molecule has 4 nitrogen and oxygen atoms in total. The molecule has 0 saturated carbocycles. The van der Waals surface area contributed by atoms with E-state index in [0.717, 1.165) is 6.42 Å². The zero-order valence-corrected chi connectivity index (χ0v) is 13.2. The highest BCUT2D eigenvalue weighted by Gasteiger charge is 2.03. The molecule has 114 valence electrons. The number of carbonyl (C=O) groups excluding carboxylic acids is 2. The Kier molecular flexibility index (Phi) is 16.0. The van der Waals surface area contributed by atoms with Crippen LogP contribution in [-0.2, 0) is 19.1 Å². The number of ether oxygens (including phenoxy) is 2. The number of hydrogen-bond acceptors (Lipinski definition) is 4. The Balaban J connectivity index is 0. The van der Waals surface area contributed by atoms with Crippen LogP contribution in [0, 0.1) is 5.92 Å². The highest BCUT2D eigenvalue weighted by atomic mass is 16.5. The summed E-state index contributed by atoms with van der Waals surface area (Å²) in [6, 6.07) is 0. The topological polar surface area (TPSA) is 52.6 Å². The Morgan fingerprint density at radius 2 is 1.63 bits per heavy atom. The third kappa shape index (κ3) is 22.6. The summed E-state index contributed by atoms with van der Waals surface area (Å²) in [5, 5.41) is 0. The minimum absolute atomic E-state index is 0.0903. The van der Waals surface area contributed by atoms with E-state index in [1.165, 1.54) is 26.2 Å². The summed E-state index contributed by atoms with van der Waals surface area (Å²) < 4.78 is 9.46. The van der Waals surface area contributed by atoms with E-state index in [9.17, 15) is 9.59 Å². The Morgan fingerprint density at radius 1 is 1.00 bits per heavy atom. The maximum atomic E-state index is 10.6. The van der Waals surface area contributed by atoms with Gasteiger partial charge in [-0.05, 0) is 19.3 Å². The van der Waals surface area contributed by atoms with Gasteiger partial charge in [-0.1, -0.05) is 40.0 Å². The maximum Gasteiger partial charge on any atom is 0.306 e. The normalized spacial score (nSPS) is 9.58. The van der Waals surface area contributed by atoms with Crippen molar-refractivity contribution in [2.24, 2.45) is 5.92 Å². The van der Waals surface area contributed by atoms with Gasteiger partial charge in [-0.15, -0.1) is 0 Å². The molecule has 0 aliphatic heterocycles. The molecule has 0 aliphatic carbocycles. The summed E-state index contributed by atoms with van der Waals surface area (Å²) in [5.74, 6) is 0.146. The molecule has 0 amide bonds. The largest absolute Gasteiger partial charge is 0.466 e. The van der Waals surface area contributed by atoms with Gasteiger partial charge in [0.25, 0.3) is 0 Å². The number of unbranched alkanes of at least 4 members (excludes halogenated alkanes) is 3. The standard InChI is InChI=1S/C8H16O2.C7H14O2/c1-3-4-5-6-7-10-8(2)9;1-4-9-7(8)5-6(2)3/h3-7H2,1-2H3;6H,4-5H2,1-3H3. The summed E-state index contributed by atoms with van der Waals surface area (Å²) in [6.07, 6.45) is 5.17. The summed E-state index contributed by atoms with van der Waals surface area (Å²) in [4.78, 5) is 20.9. The van der Waals surface area contributed by atoms with Crippen molar-refractivity contribution in [2.75, 3.05) is 13.2 Å². The molecule has 0 fully saturated rings. The van der Waals surface area contributed by atoms with Crippen molar-refractivity contribution in [3.8, 4) is 0 Å². The molecule has 0 rings (SSSR count). The van der Waals surface area contributed by atoms with E-state index >= 15 is 0 Å². The number of rotatable bonds is 8. The van der Waals surface area contributed by atoms with E-state index in [4.69, 9.17) is 9.47 Å². The lowest BCUT2D eigenvalue weighted by Crippen LogP contribution is -2.06. The van der Waals surface area contributed by atoms with Crippen LogP contribution in [0.1, 0.15) is 66.7 Å². The molecule has 19 heavy (non-hydrogen) atoms. The van der Waals surface area contributed by atoms with Crippen LogP contribution in [0.25, 0.3) is 0 Å². The minimum Gasteiger partial charge on any atom is -0.466 e. The third-order valence-electron chi connectivity index (χ3n) is 2.18. The average Bonchev–Trinajstić information content (AvgIpc) is 2.28. The first-order valence-corrected chi connectivity index (χ1v) is 7.22. The Morgan fingerprint density at radius 3 is 2.05 bits per heavy atom. The first kappa shape index (κ1) is 20.3. The highest BCUT2D eigenvalue weighted by molar-refractivity contribution is 5.69. The fraction of sp³-hybridized carbons (Fsp3) is 0.867. The number of hydrogen-bond donors (Lipinski definition) is 0. The van der Waals surface area contributed by atoms with Gasteiger partial charge >= 0.3 is 11.9 Å². The Labute approximate surface area is 117 Å². The van der Waals surface area contributed by atoms with Gasteiger partial charge in [0.1, 0.15) is 0 Å². The zero-order chi connectivity index (χ0) is 15.1. The van der Waals surface area contributed by atoms with E-state index in [1.807, 2.05) is 20.8 Å². The molecule has 0 aromatic rings. The van der Waals surface area contributed by atoms with Crippen molar-refractivity contribution in [3.05, 3.63) is 0 Å². The molecule has 0 unspecified atom stereocenters. The van der Waals surface area contributed by atoms with Gasteiger partial charge in [-0.3, -0.25) is 9.59 Å². The van der Waals surface area contributed by atoms with E-state index < -0.39 is 0 Å². The molecule has 0 aliphatic rings. The quantitative estimate of drug-likeness (QED) is 0.500. The first-order chi connectivity index (χ1) is 8.93. The molecule has 0 aromatic carbocycles. The van der Waals surface area contributed by atoms with Gasteiger partial charge < -0.3 is 9.47 Å². The SMILES string of the molecule is CCCCCCOC(C)=O.CCOC(=O)CC(C)C. The molecule has 0 bridgehead atoms. The van der Waals surface area contributed by atoms with Gasteiger partial charge in [0.05, 0.1) is 13.2 Å². The van der Waals surface area contributed by atoms with Crippen molar-refractivity contribution in [1.29, 1.82) is 0 Å². The van der Waals surface area contributed by atoms with E-state index in [1.54, 1.807) is 0 Å². The molecular weight excluding hydrogens is 244 g/mol. The minimum atomic E-state index is -0.170. The molecule has 4 heteroatoms. The van der Waals surface area contributed by atoms with Crippen LogP contribution in [0.5, 0.6) is 0 Å². The number of esters is 2. The van der Waals surface area contributed by atoms with Crippen LogP contribution < -0.4 is 0 Å². The fourth-order valence-corrected chi connectivity index (χ4v) is 1.30. The predicted octanol–water partition coefficient (Wildman–Crippen LogP) is 3.73. The van der Waals surface area contributed by atoms with Crippen LogP contribution in [-0.4, -0.2) is 25.2 Å². The van der Waals surface area contributed by atoms with Crippen molar-refractivity contribution in [3.63, 3.8) is 0 Å². The van der Waals surface area contributed by atoms with Crippen LogP contribution in [0.2, 0.25) is 0 Å². The molecule has 0 saturated heterocycles. The van der Waals surface area contributed by atoms with E-state index in [0.29, 0.717) is 25.6 Å². The maximum absolute atomic E-state index is 10.6. The molecule has 0 radical (unpaired) electrons. The van der Waals surface area contributed by atoms with Crippen LogP contribution in [0.4, 0.5) is 0 Å². The van der Waals surface area contributed by atoms with Crippen molar-refractivity contribution >= 4 is 11.9 Å². The third-order valence-corrected chi connectivity index (χ3v) is 2.18. The lowest BCUT2D eigenvalue weighted by Gasteiger charge is -2.02. The first-order valence-electron chi connectivity index (χ1n) is 7.22. The summed E-state index contributed by atoms with van der Waals surface area (Å²) in [7, 11) is 0. The van der Waals surface area contributed by atoms with E-state index in [2.05, 4.69) is 6.92 Å². The van der Waals surface area contributed by atoms with Gasteiger partial charge in [0.15, 0.2) is 0 Å². The predicted molar refractivity (Wildman–Crippen MR) is 76.9 cm³/mol. The average molecular weight is 274 g/mol. The van der Waals surface area contributed by atoms with Gasteiger partial charge in [0, 0.05) is 13.3 Å². The van der Waals surface area contributed by atoms with Gasteiger partial charge in [-0.25, -0.2) is 0 Å². The van der Waals surface area contributed by atoms with Crippen LogP contribution in [0.15, 0.2) is 0 Å². The molecule has 0 spiro atoms. The monoisotopic (exact) mass is 274 g/mol. The lowest BCUT2D eigenvalue weighted by atomic mass is 10.1. The van der Waals surface area contributed by atoms with Crippen molar-refractivity contribution in [2.45, 2.75) is 66.7 Å². The second kappa shape index (κ2) is 15.0. The number of carbonyl (C=O) groups is 2.